The second-order valence-corrected chi connectivity index (χ2v) is 10.4. The average Bonchev–Trinajstić information content (AvgIpc) is 3.35. The highest BCUT2D eigenvalue weighted by molar-refractivity contribution is 7.92. The lowest BCUT2D eigenvalue weighted by Gasteiger charge is -2.25. The molecule has 33 heavy (non-hydrogen) atoms. The van der Waals surface area contributed by atoms with Gasteiger partial charge in [-0.2, -0.15) is 5.10 Å². The van der Waals surface area contributed by atoms with Crippen LogP contribution in [0.5, 0.6) is 0 Å². The average molecular weight is 463 g/mol. The topological polar surface area (TPSA) is 103 Å². The van der Waals surface area contributed by atoms with E-state index in [-0.39, 0.29) is 23.4 Å². The van der Waals surface area contributed by atoms with Crippen LogP contribution in [0.25, 0.3) is 33.6 Å². The normalized spacial score (nSPS) is 17.8. The van der Waals surface area contributed by atoms with E-state index >= 15 is 0 Å². The summed E-state index contributed by atoms with van der Waals surface area (Å²) in [6.07, 6.45) is 3.20. The highest BCUT2D eigenvalue weighted by Gasteiger charge is 2.36. The summed E-state index contributed by atoms with van der Waals surface area (Å²) in [4.78, 5) is 8.72. The Morgan fingerprint density at radius 1 is 1.12 bits per heavy atom. The number of aromatic nitrogens is 4. The van der Waals surface area contributed by atoms with Gasteiger partial charge in [-0.15, -0.1) is 0 Å². The number of halogens is 1. The number of benzene rings is 1. The summed E-state index contributed by atoms with van der Waals surface area (Å²) in [6.45, 7) is 1.74. The van der Waals surface area contributed by atoms with Gasteiger partial charge in [-0.25, -0.2) is 22.8 Å². The van der Waals surface area contributed by atoms with Gasteiger partial charge in [-0.3, -0.25) is 4.68 Å². The van der Waals surface area contributed by atoms with Crippen LogP contribution in [0.15, 0.2) is 47.3 Å². The Morgan fingerprint density at radius 3 is 2.61 bits per heavy atom. The van der Waals surface area contributed by atoms with E-state index < -0.39 is 9.84 Å². The molecule has 8 nitrogen and oxygen atoms in total. The Bertz CT molecular complexity index is 1530. The minimum atomic E-state index is -3.03. The molecule has 10 heteroatoms. The van der Waals surface area contributed by atoms with Gasteiger partial charge in [0.05, 0.1) is 28.6 Å². The lowest BCUT2D eigenvalue weighted by molar-refractivity contribution is 0.432. The first kappa shape index (κ1) is 20.1. The zero-order chi connectivity index (χ0) is 22.6. The molecule has 2 saturated heterocycles. The first-order valence-corrected chi connectivity index (χ1v) is 12.3. The van der Waals surface area contributed by atoms with E-state index in [0.717, 1.165) is 13.1 Å². The minimum absolute atomic E-state index is 0.0393. The van der Waals surface area contributed by atoms with Gasteiger partial charge in [0, 0.05) is 42.4 Å². The number of furan rings is 1. The molecular weight excluding hydrogens is 445 g/mol. The van der Waals surface area contributed by atoms with Gasteiger partial charge in [0.2, 0.25) is 5.71 Å². The Balaban J connectivity index is 1.47. The maximum absolute atomic E-state index is 13.5. The molecular formula is C23H18FN5O3S. The van der Waals surface area contributed by atoms with Crippen molar-refractivity contribution in [1.82, 2.24) is 25.1 Å². The molecule has 0 saturated carbocycles. The van der Waals surface area contributed by atoms with Crippen LogP contribution in [0.3, 0.4) is 0 Å². The molecule has 2 aliphatic heterocycles. The number of fused-ring (bicyclic) bond motifs is 1. The van der Waals surface area contributed by atoms with Crippen LogP contribution in [0.2, 0.25) is 0 Å². The van der Waals surface area contributed by atoms with Crippen molar-refractivity contribution in [1.29, 1.82) is 0 Å². The van der Waals surface area contributed by atoms with Crippen molar-refractivity contribution in [3.63, 3.8) is 0 Å². The number of nitrogens with zero attached hydrogens (tertiary/aromatic N) is 4. The Labute approximate surface area is 188 Å². The van der Waals surface area contributed by atoms with Gasteiger partial charge >= 0.3 is 0 Å². The molecule has 0 radical (unpaired) electrons. The number of hydrogen-bond acceptors (Lipinski definition) is 7. The summed E-state index contributed by atoms with van der Waals surface area (Å²) >= 11 is 0. The fourth-order valence-corrected chi connectivity index (χ4v) is 5.34. The van der Waals surface area contributed by atoms with E-state index in [0.29, 0.717) is 45.3 Å². The summed E-state index contributed by atoms with van der Waals surface area (Å²) in [7, 11) is -3.03. The van der Waals surface area contributed by atoms with E-state index in [1.54, 1.807) is 23.0 Å². The number of sulfone groups is 1. The van der Waals surface area contributed by atoms with Crippen molar-refractivity contribution in [2.24, 2.45) is 5.92 Å². The molecule has 0 bridgehead atoms. The van der Waals surface area contributed by atoms with Crippen LogP contribution >= 0.6 is 0 Å². The number of hydrogen-bond donors (Lipinski definition) is 1. The van der Waals surface area contributed by atoms with Crippen molar-refractivity contribution in [2.45, 2.75) is 6.04 Å². The molecule has 0 unspecified atom stereocenters. The van der Waals surface area contributed by atoms with Crippen LogP contribution in [0.4, 0.5) is 4.39 Å². The quantitative estimate of drug-likeness (QED) is 0.466. The highest BCUT2D eigenvalue weighted by Crippen LogP contribution is 2.36. The standard InChI is InChI=1S/C23H18FN5O3S/c24-16-4-2-15(3-5-16)21-20(10-29(28-21)17-11-33(30,31)12-17)22-19-7-18(6-1-14-8-25-9-14)32-23(19)27-13-26-22/h2-5,7,10,13-14,17,25H,8-9,11-12H2. The van der Waals surface area contributed by atoms with E-state index in [4.69, 9.17) is 4.42 Å². The van der Waals surface area contributed by atoms with Crippen molar-refractivity contribution in [3.8, 4) is 34.4 Å². The highest BCUT2D eigenvalue weighted by atomic mass is 32.2. The molecule has 0 atom stereocenters. The molecule has 2 aliphatic rings. The third-order valence-electron chi connectivity index (χ3n) is 5.88. The molecule has 4 aromatic rings. The van der Waals surface area contributed by atoms with Gasteiger partial charge in [-0.1, -0.05) is 5.92 Å². The third-order valence-corrected chi connectivity index (χ3v) is 7.67. The fourth-order valence-electron chi connectivity index (χ4n) is 3.96. The van der Waals surface area contributed by atoms with Crippen LogP contribution in [0, 0.1) is 23.6 Å². The molecule has 0 spiro atoms. The minimum Gasteiger partial charge on any atom is -0.429 e. The molecule has 3 aromatic heterocycles. The maximum atomic E-state index is 13.5. The molecule has 166 valence electrons. The molecule has 1 N–H and O–H groups in total. The predicted octanol–water partition coefficient (Wildman–Crippen LogP) is 2.43. The van der Waals surface area contributed by atoms with E-state index in [1.165, 1.54) is 18.5 Å². The van der Waals surface area contributed by atoms with E-state index in [2.05, 4.69) is 32.2 Å². The third kappa shape index (κ3) is 3.69. The molecule has 6 rings (SSSR count). The zero-order valence-corrected chi connectivity index (χ0v) is 18.1. The van der Waals surface area contributed by atoms with Crippen LogP contribution < -0.4 is 5.32 Å². The van der Waals surface area contributed by atoms with Crippen LogP contribution in [-0.2, 0) is 9.84 Å². The molecule has 2 fully saturated rings. The molecule has 0 aliphatic carbocycles. The molecule has 0 amide bonds. The monoisotopic (exact) mass is 463 g/mol. The van der Waals surface area contributed by atoms with Gasteiger partial charge in [0.15, 0.2) is 15.6 Å². The van der Waals surface area contributed by atoms with Crippen molar-refractivity contribution in [2.75, 3.05) is 24.6 Å². The predicted molar refractivity (Wildman–Crippen MR) is 119 cm³/mol. The van der Waals surface area contributed by atoms with Crippen molar-refractivity contribution < 1.29 is 17.2 Å². The molecule has 1 aromatic carbocycles. The summed E-state index contributed by atoms with van der Waals surface area (Å²) in [5, 5.41) is 8.53. The van der Waals surface area contributed by atoms with Gasteiger partial charge in [0.25, 0.3) is 0 Å². The van der Waals surface area contributed by atoms with Gasteiger partial charge < -0.3 is 9.73 Å². The van der Waals surface area contributed by atoms with E-state index in [1.807, 2.05) is 6.07 Å². The van der Waals surface area contributed by atoms with Gasteiger partial charge in [0.1, 0.15) is 17.8 Å². The van der Waals surface area contributed by atoms with Crippen molar-refractivity contribution in [3.05, 3.63) is 54.4 Å². The summed E-state index contributed by atoms with van der Waals surface area (Å²) in [5.41, 5.74) is 2.95. The lowest BCUT2D eigenvalue weighted by Crippen LogP contribution is -2.40. The second kappa shape index (κ2) is 7.50. The fraction of sp³-hybridized carbons (Fsp3) is 0.261. The summed E-state index contributed by atoms with van der Waals surface area (Å²) < 4.78 is 44.5. The van der Waals surface area contributed by atoms with Crippen molar-refractivity contribution >= 4 is 20.9 Å². The maximum Gasteiger partial charge on any atom is 0.231 e. The zero-order valence-electron chi connectivity index (χ0n) is 17.3. The van der Waals surface area contributed by atoms with Crippen LogP contribution in [-0.4, -0.2) is 52.8 Å². The largest absolute Gasteiger partial charge is 0.429 e. The summed E-state index contributed by atoms with van der Waals surface area (Å²) in [5.74, 6) is 6.78. The first-order valence-electron chi connectivity index (χ1n) is 10.5. The van der Waals surface area contributed by atoms with E-state index in [9.17, 15) is 12.8 Å². The Hall–Kier alpha value is -3.55. The van der Waals surface area contributed by atoms with Crippen LogP contribution in [0.1, 0.15) is 11.8 Å². The number of nitrogens with one attached hydrogen (secondary N) is 1. The SMILES string of the molecule is O=S1(=O)CC(n2cc(-c3ncnc4oc(C#CC5CNC5)cc34)c(-c3ccc(F)cc3)n2)C1. The number of rotatable bonds is 3. The summed E-state index contributed by atoms with van der Waals surface area (Å²) in [6, 6.07) is 7.57. The molecule has 5 heterocycles. The Kier molecular flexibility index (Phi) is 4.57. The second-order valence-electron chi connectivity index (χ2n) is 8.29. The van der Waals surface area contributed by atoms with Gasteiger partial charge in [-0.05, 0) is 30.2 Å². The first-order chi connectivity index (χ1) is 15.9. The lowest BCUT2D eigenvalue weighted by atomic mass is 10.0. The Morgan fingerprint density at radius 2 is 1.91 bits per heavy atom. The smallest absolute Gasteiger partial charge is 0.231 e.